The molecule has 0 bridgehead atoms. The second kappa shape index (κ2) is 8.76. The Morgan fingerprint density at radius 2 is 1.87 bits per heavy atom. The molecule has 2 aliphatic rings. The molecule has 30 heavy (non-hydrogen) atoms. The Morgan fingerprint density at radius 3 is 2.57 bits per heavy atom. The number of pyridine rings is 1. The number of aromatic nitrogens is 1. The molecule has 0 spiro atoms. The van der Waals surface area contributed by atoms with Crippen LogP contribution in [0.15, 0.2) is 48.4 Å². The van der Waals surface area contributed by atoms with Gasteiger partial charge in [0, 0.05) is 42.7 Å². The lowest BCUT2D eigenvalue weighted by Crippen LogP contribution is -2.40. The number of benzene rings is 1. The summed E-state index contributed by atoms with van der Waals surface area (Å²) in [4.78, 5) is 34.0. The maximum Gasteiger partial charge on any atom is 0.278 e. The van der Waals surface area contributed by atoms with Crippen molar-refractivity contribution in [2.24, 2.45) is 5.92 Å². The van der Waals surface area contributed by atoms with Crippen LogP contribution in [0.2, 0.25) is 10.0 Å². The first-order valence-corrected chi connectivity index (χ1v) is 10.6. The summed E-state index contributed by atoms with van der Waals surface area (Å²) in [6.45, 7) is 1.35. The number of carbonyl (C=O) groups is 2. The molecule has 1 saturated heterocycles. The molecule has 1 N–H and O–H groups in total. The molecule has 0 aliphatic carbocycles. The number of amides is 2. The number of aliphatic hydroxyl groups is 1. The fourth-order valence-corrected chi connectivity index (χ4v) is 4.53. The maximum atomic E-state index is 13.4. The van der Waals surface area contributed by atoms with E-state index in [1.165, 1.54) is 4.90 Å². The first kappa shape index (κ1) is 20.8. The predicted molar refractivity (Wildman–Crippen MR) is 115 cm³/mol. The average Bonchev–Trinajstić information content (AvgIpc) is 2.99. The van der Waals surface area contributed by atoms with Gasteiger partial charge in [0.25, 0.3) is 11.8 Å². The summed E-state index contributed by atoms with van der Waals surface area (Å²) in [7, 11) is 0. The summed E-state index contributed by atoms with van der Waals surface area (Å²) in [5, 5.41) is 10.4. The lowest BCUT2D eigenvalue weighted by molar-refractivity contribution is -0.138. The van der Waals surface area contributed by atoms with Crippen molar-refractivity contribution in [2.45, 2.75) is 19.4 Å². The summed E-state index contributed by atoms with van der Waals surface area (Å²) in [5.74, 6) is -0.677. The number of hydrogen-bond acceptors (Lipinski definition) is 5. The minimum Gasteiger partial charge on any atom is -0.396 e. The van der Waals surface area contributed by atoms with E-state index in [9.17, 15) is 14.7 Å². The van der Waals surface area contributed by atoms with Crippen molar-refractivity contribution in [1.82, 2.24) is 14.8 Å². The molecular weight excluding hydrogens is 425 g/mol. The van der Waals surface area contributed by atoms with Crippen LogP contribution in [0, 0.1) is 5.92 Å². The van der Waals surface area contributed by atoms with Crippen LogP contribution >= 0.6 is 23.2 Å². The lowest BCUT2D eigenvalue weighted by Gasteiger charge is -2.34. The van der Waals surface area contributed by atoms with Crippen LogP contribution in [0.25, 0.3) is 5.57 Å². The molecule has 1 fully saturated rings. The molecule has 1 atom stereocenters. The van der Waals surface area contributed by atoms with Gasteiger partial charge in [0.05, 0.1) is 17.1 Å². The molecular formula is C22H21Cl2N3O3. The fraction of sp³-hybridized carbons (Fsp3) is 0.318. The zero-order valence-electron chi connectivity index (χ0n) is 16.2. The number of aliphatic hydroxyl groups excluding tert-OH is 1. The van der Waals surface area contributed by atoms with E-state index < -0.39 is 0 Å². The molecule has 156 valence electrons. The number of carbonyl (C=O) groups excluding carboxylic acids is 2. The zero-order valence-corrected chi connectivity index (χ0v) is 17.7. The molecule has 1 unspecified atom stereocenters. The topological polar surface area (TPSA) is 73.7 Å². The van der Waals surface area contributed by atoms with Gasteiger partial charge in [-0.25, -0.2) is 0 Å². The number of likely N-dealkylation sites (tertiary alicyclic amines) is 1. The van der Waals surface area contributed by atoms with Crippen molar-refractivity contribution in [2.75, 3.05) is 19.7 Å². The van der Waals surface area contributed by atoms with Gasteiger partial charge >= 0.3 is 0 Å². The molecule has 1 aromatic carbocycles. The Hall–Kier alpha value is -2.41. The standard InChI is InChI=1S/C22H21Cl2N3O3/c23-16-3-4-17(18(24)10-16)19-20(26-9-1-2-15(11-26)13-28)22(30)27(21(19)29)12-14-5-7-25-8-6-14/h3-8,10,15,28H,1-2,9,11-13H2. The number of rotatable bonds is 5. The molecule has 2 amide bonds. The van der Waals surface area contributed by atoms with Crippen molar-refractivity contribution < 1.29 is 14.7 Å². The van der Waals surface area contributed by atoms with Crippen LogP contribution in [-0.4, -0.2) is 51.4 Å². The monoisotopic (exact) mass is 445 g/mol. The van der Waals surface area contributed by atoms with Crippen LogP contribution in [0.4, 0.5) is 0 Å². The molecule has 2 aromatic rings. The molecule has 1 aromatic heterocycles. The van der Waals surface area contributed by atoms with E-state index in [0.29, 0.717) is 34.4 Å². The van der Waals surface area contributed by atoms with Crippen molar-refractivity contribution in [1.29, 1.82) is 0 Å². The Balaban J connectivity index is 1.77. The average molecular weight is 446 g/mol. The quantitative estimate of drug-likeness (QED) is 0.714. The number of imide groups is 1. The van der Waals surface area contributed by atoms with Crippen molar-refractivity contribution in [3.05, 3.63) is 69.6 Å². The highest BCUT2D eigenvalue weighted by molar-refractivity contribution is 6.41. The maximum absolute atomic E-state index is 13.4. The van der Waals surface area contributed by atoms with Gasteiger partial charge < -0.3 is 10.0 Å². The van der Waals surface area contributed by atoms with Gasteiger partial charge in [-0.3, -0.25) is 19.5 Å². The smallest absolute Gasteiger partial charge is 0.278 e. The Labute approximate surface area is 184 Å². The van der Waals surface area contributed by atoms with E-state index in [2.05, 4.69) is 4.98 Å². The third-order valence-electron chi connectivity index (χ3n) is 5.53. The van der Waals surface area contributed by atoms with Crippen LogP contribution in [0.5, 0.6) is 0 Å². The van der Waals surface area contributed by atoms with E-state index in [-0.39, 0.29) is 36.5 Å². The van der Waals surface area contributed by atoms with E-state index in [0.717, 1.165) is 18.4 Å². The third kappa shape index (κ3) is 3.95. The highest BCUT2D eigenvalue weighted by Crippen LogP contribution is 2.38. The first-order chi connectivity index (χ1) is 14.5. The molecule has 4 rings (SSSR count). The number of hydrogen-bond donors (Lipinski definition) is 1. The fourth-order valence-electron chi connectivity index (χ4n) is 4.02. The Morgan fingerprint density at radius 1 is 1.10 bits per heavy atom. The number of nitrogens with zero attached hydrogens (tertiary/aromatic N) is 3. The van der Waals surface area contributed by atoms with Gasteiger partial charge in [0.15, 0.2) is 0 Å². The van der Waals surface area contributed by atoms with Gasteiger partial charge in [-0.15, -0.1) is 0 Å². The summed E-state index contributed by atoms with van der Waals surface area (Å²) in [6, 6.07) is 8.45. The molecule has 0 radical (unpaired) electrons. The largest absolute Gasteiger partial charge is 0.396 e. The molecule has 3 heterocycles. The number of halogens is 2. The molecule has 8 heteroatoms. The zero-order chi connectivity index (χ0) is 21.3. The summed E-state index contributed by atoms with van der Waals surface area (Å²) in [6.07, 6.45) is 4.98. The van der Waals surface area contributed by atoms with Crippen molar-refractivity contribution >= 4 is 40.6 Å². The highest BCUT2D eigenvalue weighted by Gasteiger charge is 2.43. The summed E-state index contributed by atoms with van der Waals surface area (Å²) < 4.78 is 0. The van der Waals surface area contributed by atoms with Gasteiger partial charge in [-0.2, -0.15) is 0 Å². The highest BCUT2D eigenvalue weighted by atomic mass is 35.5. The van der Waals surface area contributed by atoms with Gasteiger partial charge in [0.2, 0.25) is 0 Å². The Kier molecular flexibility index (Phi) is 6.09. The van der Waals surface area contributed by atoms with E-state index in [1.807, 2.05) is 4.90 Å². The summed E-state index contributed by atoms with van der Waals surface area (Å²) >= 11 is 12.5. The Bertz CT molecular complexity index is 1010. The van der Waals surface area contributed by atoms with Crippen molar-refractivity contribution in [3.63, 3.8) is 0 Å². The molecule has 2 aliphatic heterocycles. The van der Waals surface area contributed by atoms with Crippen molar-refractivity contribution in [3.8, 4) is 0 Å². The van der Waals surface area contributed by atoms with E-state index >= 15 is 0 Å². The second-order valence-electron chi connectivity index (χ2n) is 7.54. The summed E-state index contributed by atoms with van der Waals surface area (Å²) in [5.41, 5.74) is 1.92. The second-order valence-corrected chi connectivity index (χ2v) is 8.38. The predicted octanol–water partition coefficient (Wildman–Crippen LogP) is 3.37. The molecule has 0 saturated carbocycles. The van der Waals surface area contributed by atoms with Crippen LogP contribution in [0.3, 0.4) is 0 Å². The third-order valence-corrected chi connectivity index (χ3v) is 6.08. The van der Waals surface area contributed by atoms with Gasteiger partial charge in [0.1, 0.15) is 5.70 Å². The van der Waals surface area contributed by atoms with Crippen LogP contribution < -0.4 is 0 Å². The lowest BCUT2D eigenvalue weighted by atomic mass is 9.97. The minimum absolute atomic E-state index is 0.0453. The normalized spacial score (nSPS) is 19.8. The number of piperidine rings is 1. The van der Waals surface area contributed by atoms with E-state index in [4.69, 9.17) is 23.2 Å². The van der Waals surface area contributed by atoms with Gasteiger partial charge in [-0.1, -0.05) is 29.3 Å². The van der Waals surface area contributed by atoms with Crippen LogP contribution in [-0.2, 0) is 16.1 Å². The first-order valence-electron chi connectivity index (χ1n) is 9.80. The van der Waals surface area contributed by atoms with Gasteiger partial charge in [-0.05, 0) is 48.6 Å². The molecule has 6 nitrogen and oxygen atoms in total. The van der Waals surface area contributed by atoms with Crippen LogP contribution in [0.1, 0.15) is 24.0 Å². The minimum atomic E-state index is -0.387. The SMILES string of the molecule is O=C1C(c2ccc(Cl)cc2Cl)=C(N2CCCC(CO)C2)C(=O)N1Cc1ccncc1. The van der Waals surface area contributed by atoms with E-state index in [1.54, 1.807) is 42.7 Å².